The third-order valence-electron chi connectivity index (χ3n) is 14.1. The van der Waals surface area contributed by atoms with E-state index in [1.807, 2.05) is 0 Å². The Labute approximate surface area is 471 Å². The molecule has 0 saturated heterocycles. The molecule has 0 amide bonds. The summed E-state index contributed by atoms with van der Waals surface area (Å²) in [4.78, 5) is 38.3. The van der Waals surface area contributed by atoms with Crippen LogP contribution in [0.1, 0.15) is 323 Å². The normalized spacial score (nSPS) is 12.6. The summed E-state index contributed by atoms with van der Waals surface area (Å²) in [6.45, 7) is 6.59. The van der Waals surface area contributed by atoms with E-state index >= 15 is 0 Å². The van der Waals surface area contributed by atoms with Gasteiger partial charge in [0.2, 0.25) is 0 Å². The molecule has 0 aliphatic rings. The van der Waals surface area contributed by atoms with Crippen molar-refractivity contribution in [3.05, 3.63) is 85.1 Å². The second-order valence-corrected chi connectivity index (χ2v) is 21.7. The number of hydrogen-bond acceptors (Lipinski definition) is 6. The zero-order valence-corrected chi connectivity index (χ0v) is 50.3. The summed E-state index contributed by atoms with van der Waals surface area (Å²) in [7, 11) is 0. The summed E-state index contributed by atoms with van der Waals surface area (Å²) >= 11 is 0. The van der Waals surface area contributed by atoms with Gasteiger partial charge in [0, 0.05) is 19.3 Å². The van der Waals surface area contributed by atoms with E-state index in [9.17, 15) is 14.4 Å². The number of carbonyl (C=O) groups is 3. The maximum absolute atomic E-state index is 12.9. The smallest absolute Gasteiger partial charge is 0.306 e. The second-order valence-electron chi connectivity index (χ2n) is 21.7. The molecule has 0 aromatic heterocycles. The van der Waals surface area contributed by atoms with Gasteiger partial charge < -0.3 is 14.2 Å². The summed E-state index contributed by atoms with van der Waals surface area (Å²) in [6, 6.07) is 0. The number of carbonyl (C=O) groups excluding carboxylic acids is 3. The van der Waals surface area contributed by atoms with Crippen LogP contribution in [0.4, 0.5) is 0 Å². The van der Waals surface area contributed by atoms with Crippen LogP contribution in [-0.4, -0.2) is 37.2 Å². The van der Waals surface area contributed by atoms with Crippen molar-refractivity contribution in [2.75, 3.05) is 13.2 Å². The fourth-order valence-corrected chi connectivity index (χ4v) is 9.16. The van der Waals surface area contributed by atoms with Crippen molar-refractivity contribution < 1.29 is 28.6 Å². The zero-order chi connectivity index (χ0) is 55.0. The fraction of sp³-hybridized carbons (Fsp3) is 0.757. The molecule has 1 unspecified atom stereocenters. The van der Waals surface area contributed by atoms with Gasteiger partial charge in [-0.3, -0.25) is 14.4 Å². The first kappa shape index (κ1) is 72.6. The highest BCUT2D eigenvalue weighted by Gasteiger charge is 2.19. The molecule has 438 valence electrons. The molecule has 0 fully saturated rings. The lowest BCUT2D eigenvalue weighted by Crippen LogP contribution is -2.30. The lowest BCUT2D eigenvalue weighted by molar-refractivity contribution is -0.167. The Morgan fingerprint density at radius 2 is 0.474 bits per heavy atom. The number of esters is 3. The highest BCUT2D eigenvalue weighted by Crippen LogP contribution is 2.16. The third kappa shape index (κ3) is 61.4. The number of allylic oxidation sites excluding steroid dienone is 14. The first-order valence-corrected chi connectivity index (χ1v) is 32.6. The van der Waals surface area contributed by atoms with E-state index in [1.165, 1.54) is 167 Å². The zero-order valence-electron chi connectivity index (χ0n) is 50.3. The molecule has 0 aliphatic carbocycles. The number of hydrogen-bond donors (Lipinski definition) is 0. The Kier molecular flexibility index (Phi) is 61.2. The first-order valence-electron chi connectivity index (χ1n) is 32.6. The van der Waals surface area contributed by atoms with Crippen molar-refractivity contribution >= 4 is 17.9 Å². The van der Waals surface area contributed by atoms with Crippen molar-refractivity contribution in [1.29, 1.82) is 0 Å². The predicted octanol–water partition coefficient (Wildman–Crippen LogP) is 22.3. The van der Waals surface area contributed by atoms with Crippen molar-refractivity contribution in [2.24, 2.45) is 0 Å². The lowest BCUT2D eigenvalue weighted by Gasteiger charge is -2.18. The molecule has 0 rings (SSSR count). The molecule has 0 aliphatic heterocycles. The molecule has 0 spiro atoms. The number of ether oxygens (including phenoxy) is 3. The van der Waals surface area contributed by atoms with Crippen LogP contribution in [0.5, 0.6) is 0 Å². The lowest BCUT2D eigenvalue weighted by atomic mass is 10.0. The average Bonchev–Trinajstić information content (AvgIpc) is 3.42. The van der Waals surface area contributed by atoms with Gasteiger partial charge in [0.25, 0.3) is 0 Å². The molecule has 0 saturated carbocycles. The molecule has 0 aromatic carbocycles. The molecular formula is C70H122O6. The molecule has 0 bridgehead atoms. The van der Waals surface area contributed by atoms with Crippen molar-refractivity contribution in [1.82, 2.24) is 0 Å². The van der Waals surface area contributed by atoms with Crippen LogP contribution in [0.15, 0.2) is 85.1 Å². The summed E-state index contributed by atoms with van der Waals surface area (Å²) < 4.78 is 16.9. The summed E-state index contributed by atoms with van der Waals surface area (Å²) in [6.07, 6.45) is 84.4. The quantitative estimate of drug-likeness (QED) is 0.0261. The van der Waals surface area contributed by atoms with Gasteiger partial charge in [-0.2, -0.15) is 0 Å². The van der Waals surface area contributed by atoms with Crippen molar-refractivity contribution in [2.45, 2.75) is 329 Å². The van der Waals surface area contributed by atoms with Gasteiger partial charge in [0.05, 0.1) is 0 Å². The molecule has 0 N–H and O–H groups in total. The van der Waals surface area contributed by atoms with E-state index in [4.69, 9.17) is 14.2 Å². The van der Waals surface area contributed by atoms with Gasteiger partial charge in [-0.05, 0) is 122 Å². The molecule has 6 heteroatoms. The van der Waals surface area contributed by atoms with Gasteiger partial charge >= 0.3 is 17.9 Å². The van der Waals surface area contributed by atoms with Crippen LogP contribution >= 0.6 is 0 Å². The summed E-state index contributed by atoms with van der Waals surface area (Å²) in [5.41, 5.74) is 0. The van der Waals surface area contributed by atoms with E-state index in [0.29, 0.717) is 19.3 Å². The van der Waals surface area contributed by atoms with E-state index in [0.717, 1.165) is 116 Å². The van der Waals surface area contributed by atoms with Crippen molar-refractivity contribution in [3.63, 3.8) is 0 Å². The number of rotatable bonds is 59. The van der Waals surface area contributed by atoms with Crippen LogP contribution in [0.2, 0.25) is 0 Å². The Morgan fingerprint density at radius 3 is 0.776 bits per heavy atom. The molecule has 1 atom stereocenters. The molecule has 0 heterocycles. The Bertz CT molecular complexity index is 1450. The summed E-state index contributed by atoms with van der Waals surface area (Å²) in [5, 5.41) is 0. The molecule has 0 aromatic rings. The largest absolute Gasteiger partial charge is 0.462 e. The maximum atomic E-state index is 12.9. The number of unbranched alkanes of at least 4 members (excludes halogenated alkanes) is 34. The fourth-order valence-electron chi connectivity index (χ4n) is 9.16. The van der Waals surface area contributed by atoms with Crippen LogP contribution in [0, 0.1) is 0 Å². The molecule has 76 heavy (non-hydrogen) atoms. The van der Waals surface area contributed by atoms with E-state index in [2.05, 4.69) is 106 Å². The highest BCUT2D eigenvalue weighted by molar-refractivity contribution is 5.71. The van der Waals surface area contributed by atoms with Crippen molar-refractivity contribution in [3.8, 4) is 0 Å². The highest BCUT2D eigenvalue weighted by atomic mass is 16.6. The average molecular weight is 1060 g/mol. The van der Waals surface area contributed by atoms with Crippen LogP contribution in [-0.2, 0) is 28.6 Å². The van der Waals surface area contributed by atoms with Crippen LogP contribution in [0.3, 0.4) is 0 Å². The standard InChI is InChI=1S/C70H122O6/c1-4-7-10-13-16-19-22-25-28-30-31-32-33-34-35-36-37-38-39-40-43-45-48-51-54-57-60-63-69(72)75-66-67(65-74-68(71)62-59-56-53-50-47-44-41-27-24-21-18-15-12-9-6-3)76-70(73)64-61-58-55-52-49-46-42-29-26-23-20-17-14-11-8-5-2/h18,20-23,25,27,29-31,33-34,41-42,67H,4-17,19,24,26,28,32,35-40,43-66H2,1-3H3/b21-18-,23-20-,25-22-,31-30-,34-33-,41-27-,42-29-. The van der Waals surface area contributed by atoms with E-state index in [1.54, 1.807) is 0 Å². The first-order chi connectivity index (χ1) is 37.5. The van der Waals surface area contributed by atoms with Crippen LogP contribution < -0.4 is 0 Å². The molecular weight excluding hydrogens is 937 g/mol. The van der Waals surface area contributed by atoms with Gasteiger partial charge in [-0.25, -0.2) is 0 Å². The minimum atomic E-state index is -0.792. The Morgan fingerprint density at radius 1 is 0.263 bits per heavy atom. The minimum absolute atomic E-state index is 0.0868. The predicted molar refractivity (Wildman–Crippen MR) is 330 cm³/mol. The topological polar surface area (TPSA) is 78.9 Å². The SMILES string of the molecule is CCCCC/C=C\C/C=C\CCCCCCCC(=O)OCC(COC(=O)CCCCCCCCCCCCCC/C=C\C/C=C\C/C=C\CCCCCCC)OC(=O)CCCCCCC/C=C\C/C=C\CCCCCC. The Balaban J connectivity index is 4.32. The van der Waals surface area contributed by atoms with E-state index in [-0.39, 0.29) is 31.1 Å². The van der Waals surface area contributed by atoms with Gasteiger partial charge in [0.1, 0.15) is 13.2 Å². The molecule has 6 nitrogen and oxygen atoms in total. The van der Waals surface area contributed by atoms with Crippen LogP contribution in [0.25, 0.3) is 0 Å². The molecule has 0 radical (unpaired) electrons. The summed E-state index contributed by atoms with van der Waals surface area (Å²) in [5.74, 6) is -0.905. The van der Waals surface area contributed by atoms with Gasteiger partial charge in [-0.15, -0.1) is 0 Å². The van der Waals surface area contributed by atoms with E-state index < -0.39 is 6.10 Å². The minimum Gasteiger partial charge on any atom is -0.462 e. The third-order valence-corrected chi connectivity index (χ3v) is 14.1. The monoisotopic (exact) mass is 1060 g/mol. The second kappa shape index (κ2) is 64.1. The van der Waals surface area contributed by atoms with Gasteiger partial charge in [-0.1, -0.05) is 266 Å². The Hall–Kier alpha value is -3.41. The maximum Gasteiger partial charge on any atom is 0.306 e. The van der Waals surface area contributed by atoms with Gasteiger partial charge in [0.15, 0.2) is 6.10 Å².